The molecule has 2 heterocycles. The minimum atomic E-state index is -0.558. The van der Waals surface area contributed by atoms with Gasteiger partial charge in [0.2, 0.25) is 0 Å². The van der Waals surface area contributed by atoms with Gasteiger partial charge in [0.05, 0.1) is 16.8 Å². The maximum atomic E-state index is 12.4. The lowest BCUT2D eigenvalue weighted by Crippen LogP contribution is -2.38. The van der Waals surface area contributed by atoms with E-state index in [0.717, 1.165) is 9.47 Å². The summed E-state index contributed by atoms with van der Waals surface area (Å²) in [5.41, 5.74) is -0.0551. The number of ether oxygens (including phenoxy) is 1. The Balaban J connectivity index is 1.54. The summed E-state index contributed by atoms with van der Waals surface area (Å²) in [7, 11) is 2.84. The third-order valence-corrected chi connectivity index (χ3v) is 5.19. The first-order chi connectivity index (χ1) is 13.7. The Morgan fingerprint density at radius 1 is 1.00 bits per heavy atom. The van der Waals surface area contributed by atoms with Crippen LogP contribution >= 0.6 is 15.9 Å². The molecule has 1 aromatic heterocycles. The Labute approximate surface area is 173 Å². The zero-order valence-electron chi connectivity index (χ0n) is 15.8. The van der Waals surface area contributed by atoms with Gasteiger partial charge in [-0.25, -0.2) is 4.79 Å². The Kier molecular flexibility index (Phi) is 5.83. The molecule has 0 spiro atoms. The summed E-state index contributed by atoms with van der Waals surface area (Å²) in [6.45, 7) is -0.134. The largest absolute Gasteiger partial charge is 0.459 e. The van der Waals surface area contributed by atoms with Crippen LogP contribution in [0, 0.1) is 0 Å². The van der Waals surface area contributed by atoms with Crippen molar-refractivity contribution in [2.24, 2.45) is 14.1 Å². The van der Waals surface area contributed by atoms with Crippen LogP contribution in [0.25, 0.3) is 0 Å². The normalized spacial score (nSPS) is 13.0. The van der Waals surface area contributed by atoms with E-state index in [2.05, 4.69) is 15.9 Å². The minimum absolute atomic E-state index is 0.0180. The molecule has 0 saturated carbocycles. The number of nitrogens with zero attached hydrogens (tertiary/aromatic N) is 3. The first-order valence-electron chi connectivity index (χ1n) is 8.78. The van der Waals surface area contributed by atoms with Crippen LogP contribution in [0.4, 0.5) is 0 Å². The van der Waals surface area contributed by atoms with Crippen LogP contribution in [0.15, 0.2) is 38.3 Å². The van der Waals surface area contributed by atoms with Crippen molar-refractivity contribution >= 4 is 33.7 Å². The molecule has 0 fully saturated rings. The van der Waals surface area contributed by atoms with Crippen molar-refractivity contribution in [3.63, 3.8) is 0 Å². The molecule has 152 valence electrons. The van der Waals surface area contributed by atoms with Crippen molar-refractivity contribution in [3.05, 3.63) is 66.4 Å². The number of carbonyl (C=O) groups excluding carboxylic acids is 3. The van der Waals surface area contributed by atoms with E-state index in [1.165, 1.54) is 24.7 Å². The quantitative estimate of drug-likeness (QED) is 0.466. The highest BCUT2D eigenvalue weighted by molar-refractivity contribution is 9.10. The third kappa shape index (κ3) is 4.07. The van der Waals surface area contributed by atoms with E-state index in [0.29, 0.717) is 15.6 Å². The van der Waals surface area contributed by atoms with E-state index < -0.39 is 23.1 Å². The van der Waals surface area contributed by atoms with Gasteiger partial charge in [0.1, 0.15) is 6.61 Å². The predicted molar refractivity (Wildman–Crippen MR) is 105 cm³/mol. The monoisotopic (exact) mass is 463 g/mol. The van der Waals surface area contributed by atoms with E-state index in [4.69, 9.17) is 4.74 Å². The second kappa shape index (κ2) is 8.16. The SMILES string of the molecule is Cn1c(COC(=O)CCCN2C(=O)c3ccc(Br)cc3C2=O)cc(=O)n(C)c1=O. The van der Waals surface area contributed by atoms with Crippen molar-refractivity contribution in [2.45, 2.75) is 19.4 Å². The Hall–Kier alpha value is -3.01. The van der Waals surface area contributed by atoms with E-state index in [9.17, 15) is 24.0 Å². The second-order valence-corrected chi connectivity index (χ2v) is 7.51. The van der Waals surface area contributed by atoms with Gasteiger partial charge in [-0.3, -0.25) is 33.2 Å². The molecule has 9 nitrogen and oxygen atoms in total. The standard InChI is InChI=1S/C19H18BrN3O6/c1-21-12(9-15(24)22(2)19(21)28)10-29-16(25)4-3-7-23-17(26)13-6-5-11(20)8-14(13)18(23)27/h5-6,8-9H,3-4,7,10H2,1-2H3. The smallest absolute Gasteiger partial charge is 0.330 e. The van der Waals surface area contributed by atoms with Crippen molar-refractivity contribution in [2.75, 3.05) is 6.54 Å². The number of amides is 2. The summed E-state index contributed by atoms with van der Waals surface area (Å²) in [5, 5.41) is 0. The number of esters is 1. The van der Waals surface area contributed by atoms with Gasteiger partial charge in [-0.2, -0.15) is 0 Å². The van der Waals surface area contributed by atoms with Crippen molar-refractivity contribution in [1.82, 2.24) is 14.0 Å². The highest BCUT2D eigenvalue weighted by Gasteiger charge is 2.35. The molecule has 0 atom stereocenters. The van der Waals surface area contributed by atoms with Crippen LogP contribution in [-0.4, -0.2) is 38.4 Å². The number of hydrogen-bond donors (Lipinski definition) is 0. The van der Waals surface area contributed by atoms with Crippen LogP contribution in [0.1, 0.15) is 39.3 Å². The van der Waals surface area contributed by atoms with Crippen molar-refractivity contribution in [1.29, 1.82) is 0 Å². The lowest BCUT2D eigenvalue weighted by atomic mass is 10.1. The minimum Gasteiger partial charge on any atom is -0.459 e. The first kappa shape index (κ1) is 20.7. The van der Waals surface area contributed by atoms with Crippen LogP contribution in [0.2, 0.25) is 0 Å². The number of benzene rings is 1. The Morgan fingerprint density at radius 3 is 2.41 bits per heavy atom. The lowest BCUT2D eigenvalue weighted by molar-refractivity contribution is -0.145. The highest BCUT2D eigenvalue weighted by Crippen LogP contribution is 2.26. The second-order valence-electron chi connectivity index (χ2n) is 6.59. The molecule has 0 aliphatic carbocycles. The average Bonchev–Trinajstić information content (AvgIpc) is 2.92. The molecule has 3 rings (SSSR count). The fourth-order valence-corrected chi connectivity index (χ4v) is 3.35. The molecule has 0 bridgehead atoms. The van der Waals surface area contributed by atoms with Gasteiger partial charge in [-0.1, -0.05) is 15.9 Å². The predicted octanol–water partition coefficient (Wildman–Crippen LogP) is 0.966. The number of carbonyl (C=O) groups is 3. The van der Waals surface area contributed by atoms with Gasteiger partial charge >= 0.3 is 11.7 Å². The first-order valence-corrected chi connectivity index (χ1v) is 9.57. The topological polar surface area (TPSA) is 108 Å². The maximum Gasteiger partial charge on any atom is 0.330 e. The number of halogens is 1. The third-order valence-electron chi connectivity index (χ3n) is 4.70. The van der Waals surface area contributed by atoms with Crippen molar-refractivity contribution in [3.8, 4) is 0 Å². The van der Waals surface area contributed by atoms with E-state index in [1.54, 1.807) is 18.2 Å². The van der Waals surface area contributed by atoms with Gasteiger partial charge in [0.15, 0.2) is 0 Å². The molecule has 2 amide bonds. The molecular weight excluding hydrogens is 446 g/mol. The molecule has 1 aliphatic rings. The molecule has 29 heavy (non-hydrogen) atoms. The molecule has 2 aromatic rings. The van der Waals surface area contributed by atoms with Gasteiger partial charge in [-0.15, -0.1) is 0 Å². The Bertz CT molecular complexity index is 1130. The zero-order chi connectivity index (χ0) is 21.3. The van der Waals surface area contributed by atoms with Crippen LogP contribution in [0.3, 0.4) is 0 Å². The number of aromatic nitrogens is 2. The number of fused-ring (bicyclic) bond motifs is 1. The summed E-state index contributed by atoms with van der Waals surface area (Å²) in [6, 6.07) is 6.10. The van der Waals surface area contributed by atoms with Crippen LogP contribution in [0.5, 0.6) is 0 Å². The molecule has 0 N–H and O–H groups in total. The van der Waals surface area contributed by atoms with Crippen LogP contribution in [-0.2, 0) is 30.2 Å². The van der Waals surface area contributed by atoms with Crippen LogP contribution < -0.4 is 11.2 Å². The van der Waals surface area contributed by atoms with Gasteiger partial charge in [0, 0.05) is 37.6 Å². The summed E-state index contributed by atoms with van der Waals surface area (Å²) in [4.78, 5) is 61.4. The molecule has 10 heteroatoms. The average molecular weight is 464 g/mol. The maximum absolute atomic E-state index is 12.4. The summed E-state index contributed by atoms with van der Waals surface area (Å²) < 4.78 is 7.99. The Morgan fingerprint density at radius 2 is 1.69 bits per heavy atom. The number of rotatable bonds is 6. The van der Waals surface area contributed by atoms with Gasteiger partial charge in [-0.05, 0) is 24.6 Å². The van der Waals surface area contributed by atoms with Gasteiger partial charge in [0.25, 0.3) is 17.4 Å². The fourth-order valence-electron chi connectivity index (χ4n) is 2.99. The fraction of sp³-hybridized carbons (Fsp3) is 0.316. The zero-order valence-corrected chi connectivity index (χ0v) is 17.4. The van der Waals surface area contributed by atoms with E-state index in [1.807, 2.05) is 0 Å². The summed E-state index contributed by atoms with van der Waals surface area (Å²) >= 11 is 3.27. The summed E-state index contributed by atoms with van der Waals surface area (Å²) in [5.74, 6) is -1.34. The van der Waals surface area contributed by atoms with E-state index in [-0.39, 0.29) is 37.6 Å². The van der Waals surface area contributed by atoms with E-state index >= 15 is 0 Å². The van der Waals surface area contributed by atoms with Gasteiger partial charge < -0.3 is 4.74 Å². The molecule has 1 aromatic carbocycles. The summed E-state index contributed by atoms with van der Waals surface area (Å²) in [6.07, 6.45) is 0.219. The van der Waals surface area contributed by atoms with Crippen molar-refractivity contribution < 1.29 is 19.1 Å². The molecular formula is C19H18BrN3O6. The molecule has 0 radical (unpaired) electrons. The number of hydrogen-bond acceptors (Lipinski definition) is 6. The molecule has 1 aliphatic heterocycles. The molecule has 0 saturated heterocycles. The number of imide groups is 1. The highest BCUT2D eigenvalue weighted by atomic mass is 79.9. The lowest BCUT2D eigenvalue weighted by Gasteiger charge is -2.13. The molecule has 0 unspecified atom stereocenters.